The molecule has 2 heterocycles. The molecule has 6 nitrogen and oxygen atoms in total. The summed E-state index contributed by atoms with van der Waals surface area (Å²) in [5.74, 6) is 3.02. The second kappa shape index (κ2) is 7.56. The molecule has 26 heavy (non-hydrogen) atoms. The lowest BCUT2D eigenvalue weighted by atomic mass is 10.1. The van der Waals surface area contributed by atoms with Crippen molar-refractivity contribution in [2.45, 2.75) is 27.2 Å². The Hall–Kier alpha value is -2.89. The second-order valence-corrected chi connectivity index (χ2v) is 6.59. The third-order valence-electron chi connectivity index (χ3n) is 3.97. The van der Waals surface area contributed by atoms with E-state index in [9.17, 15) is 0 Å². The molecule has 0 fully saturated rings. The maximum Gasteiger partial charge on any atom is 0.259 e. The van der Waals surface area contributed by atoms with Crippen LogP contribution in [0.3, 0.4) is 0 Å². The molecule has 0 spiro atoms. The first kappa shape index (κ1) is 17.9. The van der Waals surface area contributed by atoms with Gasteiger partial charge in [0, 0.05) is 18.2 Å². The van der Waals surface area contributed by atoms with E-state index in [2.05, 4.69) is 29.0 Å². The van der Waals surface area contributed by atoms with Crippen LogP contribution in [0.25, 0.3) is 22.7 Å². The van der Waals surface area contributed by atoms with Gasteiger partial charge in [-0.3, -0.25) is 4.98 Å². The summed E-state index contributed by atoms with van der Waals surface area (Å²) in [4.78, 5) is 8.99. The first-order valence-electron chi connectivity index (χ1n) is 8.53. The number of pyridine rings is 1. The van der Waals surface area contributed by atoms with Gasteiger partial charge in [0.15, 0.2) is 17.3 Å². The number of ether oxygens (including phenoxy) is 2. The minimum Gasteiger partial charge on any atom is -0.493 e. The number of rotatable bonds is 6. The van der Waals surface area contributed by atoms with Gasteiger partial charge in [0.1, 0.15) is 0 Å². The summed E-state index contributed by atoms with van der Waals surface area (Å²) in [6, 6.07) is 7.80. The Morgan fingerprint density at radius 1 is 1.12 bits per heavy atom. The normalized spacial score (nSPS) is 11.0. The fraction of sp³-hybridized carbons (Fsp3) is 0.350. The molecule has 0 aliphatic carbocycles. The number of methoxy groups -OCH3 is 2. The van der Waals surface area contributed by atoms with Gasteiger partial charge in [0.2, 0.25) is 0 Å². The van der Waals surface area contributed by atoms with E-state index in [1.165, 1.54) is 0 Å². The van der Waals surface area contributed by atoms with Crippen molar-refractivity contribution in [2.75, 3.05) is 14.2 Å². The van der Waals surface area contributed by atoms with E-state index in [4.69, 9.17) is 14.0 Å². The molecular formula is C20H23N3O3. The summed E-state index contributed by atoms with van der Waals surface area (Å²) in [6.07, 6.45) is 2.52. The quantitative estimate of drug-likeness (QED) is 0.657. The van der Waals surface area contributed by atoms with E-state index < -0.39 is 0 Å². The topological polar surface area (TPSA) is 70.3 Å². The van der Waals surface area contributed by atoms with Gasteiger partial charge in [0.25, 0.3) is 5.89 Å². The van der Waals surface area contributed by atoms with Gasteiger partial charge in [0.05, 0.1) is 25.5 Å². The molecule has 0 atom stereocenters. The highest BCUT2D eigenvalue weighted by molar-refractivity contribution is 5.73. The van der Waals surface area contributed by atoms with E-state index in [-0.39, 0.29) is 0 Å². The zero-order chi connectivity index (χ0) is 18.7. The van der Waals surface area contributed by atoms with Crippen molar-refractivity contribution in [3.8, 4) is 34.2 Å². The van der Waals surface area contributed by atoms with Gasteiger partial charge in [-0.1, -0.05) is 19.0 Å². The van der Waals surface area contributed by atoms with Crippen LogP contribution in [0, 0.1) is 12.8 Å². The molecule has 0 saturated carbocycles. The van der Waals surface area contributed by atoms with Crippen LogP contribution >= 0.6 is 0 Å². The zero-order valence-electron chi connectivity index (χ0n) is 15.7. The Bertz CT molecular complexity index is 886. The summed E-state index contributed by atoms with van der Waals surface area (Å²) >= 11 is 0. The zero-order valence-corrected chi connectivity index (χ0v) is 15.7. The van der Waals surface area contributed by atoms with Crippen LogP contribution < -0.4 is 9.47 Å². The van der Waals surface area contributed by atoms with Crippen molar-refractivity contribution in [3.05, 3.63) is 41.9 Å². The molecule has 3 aromatic rings. The van der Waals surface area contributed by atoms with Gasteiger partial charge in [-0.05, 0) is 42.7 Å². The lowest BCUT2D eigenvalue weighted by Crippen LogP contribution is -1.96. The fourth-order valence-corrected chi connectivity index (χ4v) is 2.79. The standard InChI is InChI=1S/C20H23N3O3/c1-12(2)8-18-22-20(26-23-18)14-6-7-16(21-11-14)15-9-13(3)10-17(24-4)19(15)25-5/h6-7,9-12H,8H2,1-5H3. The molecule has 2 aromatic heterocycles. The van der Waals surface area contributed by atoms with Crippen molar-refractivity contribution < 1.29 is 14.0 Å². The highest BCUT2D eigenvalue weighted by atomic mass is 16.5. The molecule has 0 aliphatic heterocycles. The minimum atomic E-state index is 0.477. The molecule has 136 valence electrons. The molecule has 0 radical (unpaired) electrons. The van der Waals surface area contributed by atoms with Crippen molar-refractivity contribution in [2.24, 2.45) is 5.92 Å². The average Bonchev–Trinajstić information content (AvgIpc) is 3.08. The van der Waals surface area contributed by atoms with Gasteiger partial charge in [-0.15, -0.1) is 0 Å². The first-order chi connectivity index (χ1) is 12.5. The summed E-state index contributed by atoms with van der Waals surface area (Å²) < 4.78 is 16.3. The van der Waals surface area contributed by atoms with Crippen molar-refractivity contribution in [1.29, 1.82) is 0 Å². The third kappa shape index (κ3) is 3.69. The largest absolute Gasteiger partial charge is 0.493 e. The van der Waals surface area contributed by atoms with Gasteiger partial charge in [-0.25, -0.2) is 0 Å². The number of hydrogen-bond donors (Lipinski definition) is 0. The molecule has 6 heteroatoms. The summed E-state index contributed by atoms with van der Waals surface area (Å²) in [7, 11) is 3.25. The number of benzene rings is 1. The van der Waals surface area contributed by atoms with Gasteiger partial charge < -0.3 is 14.0 Å². The molecule has 0 amide bonds. The van der Waals surface area contributed by atoms with Gasteiger partial charge >= 0.3 is 0 Å². The molecule has 0 unspecified atom stereocenters. The lowest BCUT2D eigenvalue weighted by molar-refractivity contribution is 0.356. The van der Waals surface area contributed by atoms with Crippen LogP contribution in [-0.4, -0.2) is 29.3 Å². The van der Waals surface area contributed by atoms with Crippen molar-refractivity contribution in [1.82, 2.24) is 15.1 Å². The first-order valence-corrected chi connectivity index (χ1v) is 8.53. The number of aromatic nitrogens is 3. The van der Waals surface area contributed by atoms with E-state index >= 15 is 0 Å². The SMILES string of the molecule is COc1cc(C)cc(-c2ccc(-c3nc(CC(C)C)no3)cn2)c1OC. The second-order valence-electron chi connectivity index (χ2n) is 6.59. The predicted molar refractivity (Wildman–Crippen MR) is 99.3 cm³/mol. The van der Waals surface area contributed by atoms with E-state index in [0.717, 1.165) is 28.8 Å². The van der Waals surface area contributed by atoms with Crippen LogP contribution in [-0.2, 0) is 6.42 Å². The van der Waals surface area contributed by atoms with Crippen LogP contribution in [0.4, 0.5) is 0 Å². The van der Waals surface area contributed by atoms with Crippen molar-refractivity contribution in [3.63, 3.8) is 0 Å². The minimum absolute atomic E-state index is 0.477. The highest BCUT2D eigenvalue weighted by Crippen LogP contribution is 2.38. The average molecular weight is 353 g/mol. The maximum absolute atomic E-state index is 5.53. The summed E-state index contributed by atoms with van der Waals surface area (Å²) in [6.45, 7) is 6.25. The van der Waals surface area contributed by atoms with Crippen molar-refractivity contribution >= 4 is 0 Å². The summed E-state index contributed by atoms with van der Waals surface area (Å²) in [5.41, 5.74) is 3.52. The number of aryl methyl sites for hydroxylation is 1. The van der Waals surface area contributed by atoms with E-state index in [0.29, 0.717) is 29.1 Å². The molecule has 0 aliphatic rings. The molecule has 0 bridgehead atoms. The molecule has 0 saturated heterocycles. The third-order valence-corrected chi connectivity index (χ3v) is 3.97. The molecule has 3 rings (SSSR count). The smallest absolute Gasteiger partial charge is 0.259 e. The fourth-order valence-electron chi connectivity index (χ4n) is 2.79. The van der Waals surface area contributed by atoms with Crippen LogP contribution in [0.1, 0.15) is 25.2 Å². The highest BCUT2D eigenvalue weighted by Gasteiger charge is 2.15. The summed E-state index contributed by atoms with van der Waals surface area (Å²) in [5, 5.41) is 4.02. The van der Waals surface area contributed by atoms with Gasteiger partial charge in [-0.2, -0.15) is 4.98 Å². The Kier molecular flexibility index (Phi) is 5.21. The molecule has 1 aromatic carbocycles. The van der Waals surface area contributed by atoms with Crippen LogP contribution in [0.5, 0.6) is 11.5 Å². The Morgan fingerprint density at radius 3 is 2.54 bits per heavy atom. The van der Waals surface area contributed by atoms with E-state index in [1.54, 1.807) is 20.4 Å². The Morgan fingerprint density at radius 2 is 1.92 bits per heavy atom. The molecular weight excluding hydrogens is 330 g/mol. The number of nitrogens with zero attached hydrogens (tertiary/aromatic N) is 3. The van der Waals surface area contributed by atoms with Crippen LogP contribution in [0.15, 0.2) is 35.0 Å². The Balaban J connectivity index is 1.93. The number of hydrogen-bond acceptors (Lipinski definition) is 6. The van der Waals surface area contributed by atoms with E-state index in [1.807, 2.05) is 31.2 Å². The maximum atomic E-state index is 5.53. The lowest BCUT2D eigenvalue weighted by Gasteiger charge is -2.13. The van der Waals surface area contributed by atoms with Crippen LogP contribution in [0.2, 0.25) is 0 Å². The molecule has 0 N–H and O–H groups in total. The monoisotopic (exact) mass is 353 g/mol. The Labute approximate surface area is 153 Å². The predicted octanol–water partition coefficient (Wildman–Crippen LogP) is 4.32.